The molecule has 3 rings (SSSR count). The minimum absolute atomic E-state index is 0.130. The lowest BCUT2D eigenvalue weighted by atomic mass is 10.2. The lowest BCUT2D eigenvalue weighted by Gasteiger charge is -2.05. The number of benzene rings is 1. The van der Waals surface area contributed by atoms with Gasteiger partial charge in [0.1, 0.15) is 35.4 Å². The molecule has 0 bridgehead atoms. The summed E-state index contributed by atoms with van der Waals surface area (Å²) in [5.74, 6) is -0.661. The van der Waals surface area contributed by atoms with E-state index < -0.39 is 11.6 Å². The quantitative estimate of drug-likeness (QED) is 0.680. The van der Waals surface area contributed by atoms with Crippen molar-refractivity contribution in [3.8, 4) is 5.75 Å². The number of hydrogen-bond acceptors (Lipinski definition) is 6. The molecule has 22 heavy (non-hydrogen) atoms. The Morgan fingerprint density at radius 2 is 1.95 bits per heavy atom. The Kier molecular flexibility index (Phi) is 3.42. The maximum atomic E-state index is 11.2. The molecule has 0 radical (unpaired) electrons. The first kappa shape index (κ1) is 13.9. The number of carbonyl (C=O) groups excluding carboxylic acids is 1. The molecule has 0 spiro atoms. The summed E-state index contributed by atoms with van der Waals surface area (Å²) in [4.78, 5) is 21.9. The van der Waals surface area contributed by atoms with Gasteiger partial charge in [0.25, 0.3) is 0 Å². The molecule has 1 aromatic carbocycles. The molecule has 0 fully saturated rings. The van der Waals surface area contributed by atoms with E-state index in [1.807, 2.05) is 0 Å². The molecule has 6 nitrogen and oxygen atoms in total. The van der Waals surface area contributed by atoms with Gasteiger partial charge in [0.05, 0.1) is 0 Å². The summed E-state index contributed by atoms with van der Waals surface area (Å²) in [6.45, 7) is 1.77. The zero-order chi connectivity index (χ0) is 15.7. The second kappa shape index (κ2) is 5.40. The van der Waals surface area contributed by atoms with E-state index >= 15 is 0 Å². The van der Waals surface area contributed by atoms with Crippen molar-refractivity contribution in [3.63, 3.8) is 0 Å². The Balaban J connectivity index is 1.81. The molecule has 2 heterocycles. The number of hydrogen-bond donors (Lipinski definition) is 0. The van der Waals surface area contributed by atoms with E-state index in [1.165, 1.54) is 12.1 Å². The van der Waals surface area contributed by atoms with Crippen LogP contribution in [0.15, 0.2) is 50.0 Å². The van der Waals surface area contributed by atoms with Gasteiger partial charge in [-0.3, -0.25) is 0 Å². The summed E-state index contributed by atoms with van der Waals surface area (Å²) in [6.07, 6.45) is 0. The first-order valence-corrected chi connectivity index (χ1v) is 6.50. The number of ether oxygens (including phenoxy) is 1. The molecule has 0 aliphatic heterocycles. The van der Waals surface area contributed by atoms with Gasteiger partial charge in [-0.1, -0.05) is 0 Å². The Morgan fingerprint density at radius 1 is 1.18 bits per heavy atom. The molecule has 0 saturated carbocycles. The van der Waals surface area contributed by atoms with E-state index in [9.17, 15) is 14.7 Å². The van der Waals surface area contributed by atoms with Gasteiger partial charge in [0.2, 0.25) is 0 Å². The molecule has 3 aromatic rings. The fourth-order valence-electron chi connectivity index (χ4n) is 2.06. The largest absolute Gasteiger partial charge is 0.542 e. The molecular weight excluding hydrogens is 288 g/mol. The van der Waals surface area contributed by atoms with Crippen molar-refractivity contribution in [2.75, 3.05) is 0 Å². The van der Waals surface area contributed by atoms with E-state index in [0.29, 0.717) is 22.7 Å². The normalized spacial score (nSPS) is 10.8. The van der Waals surface area contributed by atoms with Gasteiger partial charge in [-0.25, -0.2) is 4.79 Å². The monoisotopic (exact) mass is 299 g/mol. The van der Waals surface area contributed by atoms with Gasteiger partial charge in [-0.15, -0.1) is 0 Å². The average molecular weight is 299 g/mol. The summed E-state index contributed by atoms with van der Waals surface area (Å²) >= 11 is 0. The minimum atomic E-state index is -1.37. The van der Waals surface area contributed by atoms with Crippen LogP contribution in [0.5, 0.6) is 5.75 Å². The van der Waals surface area contributed by atoms with Crippen LogP contribution in [0.3, 0.4) is 0 Å². The van der Waals surface area contributed by atoms with Crippen LogP contribution < -0.4 is 15.5 Å². The third-order valence-corrected chi connectivity index (χ3v) is 3.21. The highest BCUT2D eigenvalue weighted by molar-refractivity contribution is 5.82. The number of carboxylic acids is 1. The average Bonchev–Trinajstić information content (AvgIpc) is 2.86. The lowest BCUT2D eigenvalue weighted by molar-refractivity contribution is -0.257. The molecule has 2 aromatic heterocycles. The fraction of sp³-hybridized carbons (Fsp3) is 0.125. The molecular formula is C16H11O6-. The predicted molar refractivity (Wildman–Crippen MR) is 74.6 cm³/mol. The summed E-state index contributed by atoms with van der Waals surface area (Å²) in [5, 5.41) is 11.5. The van der Waals surface area contributed by atoms with Crippen molar-refractivity contribution in [2.24, 2.45) is 0 Å². The number of fused-ring (bicyclic) bond motifs is 1. The highest BCUT2D eigenvalue weighted by Gasteiger charge is 2.09. The van der Waals surface area contributed by atoms with Crippen molar-refractivity contribution in [3.05, 3.63) is 63.9 Å². The maximum Gasteiger partial charge on any atom is 0.336 e. The van der Waals surface area contributed by atoms with Crippen LogP contribution >= 0.6 is 0 Å². The summed E-state index contributed by atoms with van der Waals surface area (Å²) in [7, 11) is 0. The Morgan fingerprint density at radius 3 is 2.68 bits per heavy atom. The highest BCUT2D eigenvalue weighted by atomic mass is 16.5. The van der Waals surface area contributed by atoms with Crippen molar-refractivity contribution < 1.29 is 23.5 Å². The van der Waals surface area contributed by atoms with Crippen LogP contribution in [0.2, 0.25) is 0 Å². The molecule has 0 saturated heterocycles. The molecule has 0 aliphatic rings. The lowest BCUT2D eigenvalue weighted by Crippen LogP contribution is -2.21. The van der Waals surface area contributed by atoms with Gasteiger partial charge in [-0.2, -0.15) is 0 Å². The minimum Gasteiger partial charge on any atom is -0.542 e. The summed E-state index contributed by atoms with van der Waals surface area (Å²) in [6, 6.07) is 9.48. The van der Waals surface area contributed by atoms with Crippen LogP contribution in [0, 0.1) is 6.92 Å². The Bertz CT molecular complexity index is 902. The van der Waals surface area contributed by atoms with Crippen molar-refractivity contribution in [1.82, 2.24) is 0 Å². The first-order chi connectivity index (χ1) is 10.5. The number of aryl methyl sites for hydroxylation is 1. The number of carboxylic acid groups (broad SMARTS) is 1. The van der Waals surface area contributed by atoms with Gasteiger partial charge < -0.3 is 23.5 Å². The first-order valence-electron chi connectivity index (χ1n) is 6.50. The van der Waals surface area contributed by atoms with Gasteiger partial charge in [0, 0.05) is 23.1 Å². The summed E-state index contributed by atoms with van der Waals surface area (Å²) < 4.78 is 15.7. The number of aromatic carboxylic acids is 1. The van der Waals surface area contributed by atoms with Gasteiger partial charge in [0.15, 0.2) is 0 Å². The molecule has 0 N–H and O–H groups in total. The fourth-order valence-corrected chi connectivity index (χ4v) is 2.06. The smallest absolute Gasteiger partial charge is 0.336 e. The van der Waals surface area contributed by atoms with Crippen LogP contribution in [0.4, 0.5) is 0 Å². The molecule has 0 atom stereocenters. The Hall–Kier alpha value is -3.02. The van der Waals surface area contributed by atoms with Crippen LogP contribution in [-0.2, 0) is 6.61 Å². The third-order valence-electron chi connectivity index (χ3n) is 3.21. The van der Waals surface area contributed by atoms with E-state index in [2.05, 4.69) is 0 Å². The molecule has 0 amide bonds. The van der Waals surface area contributed by atoms with E-state index in [1.54, 1.807) is 31.2 Å². The predicted octanol–water partition coefficient (Wildman–Crippen LogP) is 1.64. The van der Waals surface area contributed by atoms with Crippen molar-refractivity contribution >= 4 is 16.9 Å². The van der Waals surface area contributed by atoms with E-state index in [4.69, 9.17) is 13.6 Å². The van der Waals surface area contributed by atoms with Crippen LogP contribution in [-0.4, -0.2) is 5.97 Å². The highest BCUT2D eigenvalue weighted by Crippen LogP contribution is 2.22. The van der Waals surface area contributed by atoms with E-state index in [0.717, 1.165) is 5.39 Å². The van der Waals surface area contributed by atoms with Crippen molar-refractivity contribution in [1.29, 1.82) is 0 Å². The van der Waals surface area contributed by atoms with E-state index in [-0.39, 0.29) is 12.4 Å². The van der Waals surface area contributed by atoms with Gasteiger partial charge in [-0.05, 0) is 31.2 Å². The third kappa shape index (κ3) is 2.71. The Labute approximate surface area is 124 Å². The molecule has 0 unspecified atom stereocenters. The molecule has 0 aliphatic carbocycles. The van der Waals surface area contributed by atoms with Crippen LogP contribution in [0.25, 0.3) is 11.0 Å². The van der Waals surface area contributed by atoms with Gasteiger partial charge >= 0.3 is 5.63 Å². The SMILES string of the molecule is Cc1oc(C(=O)[O-])cc1COc1ccc2ccc(=O)oc2c1. The maximum absolute atomic E-state index is 11.2. The molecule has 6 heteroatoms. The second-order valence-electron chi connectivity index (χ2n) is 4.72. The van der Waals surface area contributed by atoms with Crippen LogP contribution in [0.1, 0.15) is 21.9 Å². The number of carbonyl (C=O) groups is 1. The van der Waals surface area contributed by atoms with Crippen molar-refractivity contribution in [2.45, 2.75) is 13.5 Å². The number of rotatable bonds is 4. The number of furan rings is 1. The second-order valence-corrected chi connectivity index (χ2v) is 4.72. The zero-order valence-corrected chi connectivity index (χ0v) is 11.6. The standard InChI is InChI=1S/C16H12O6/c1-9-11(6-14(21-9)16(18)19)8-20-12-4-2-10-3-5-15(17)22-13(10)7-12/h2-7H,8H2,1H3,(H,18,19)/p-1. The summed E-state index contributed by atoms with van der Waals surface area (Å²) in [5.41, 5.74) is 0.590. The molecule has 112 valence electrons. The zero-order valence-electron chi connectivity index (χ0n) is 11.6. The topological polar surface area (TPSA) is 92.7 Å².